The van der Waals surface area contributed by atoms with Crippen molar-refractivity contribution in [3.8, 4) is 11.5 Å². The molecule has 1 unspecified atom stereocenters. The molecule has 2 aliphatic heterocycles. The summed E-state index contributed by atoms with van der Waals surface area (Å²) in [5.74, 6) is 1.54. The lowest BCUT2D eigenvalue weighted by Gasteiger charge is -2.26. The van der Waals surface area contributed by atoms with Crippen LogP contribution >= 0.6 is 11.6 Å². The summed E-state index contributed by atoms with van der Waals surface area (Å²) in [5, 5.41) is 0.497. The summed E-state index contributed by atoms with van der Waals surface area (Å²) in [6, 6.07) is 13.3. The van der Waals surface area contributed by atoms with E-state index in [1.807, 2.05) is 35.2 Å². The van der Waals surface area contributed by atoms with Gasteiger partial charge in [-0.1, -0.05) is 29.8 Å². The molecular weight excluding hydrogens is 338 g/mol. The zero-order chi connectivity index (χ0) is 17.2. The molecule has 4 rings (SSSR count). The lowest BCUT2D eigenvalue weighted by atomic mass is 10.0. The Bertz CT molecular complexity index is 792. The molecule has 0 N–H and O–H groups in total. The van der Waals surface area contributed by atoms with Gasteiger partial charge in [0.1, 0.15) is 0 Å². The Kier molecular flexibility index (Phi) is 4.53. The predicted octanol–water partition coefficient (Wildman–Crippen LogP) is 4.48. The number of halogens is 1. The van der Waals surface area contributed by atoms with Gasteiger partial charge in [0.25, 0.3) is 5.91 Å². The molecule has 130 valence electrons. The fourth-order valence-corrected chi connectivity index (χ4v) is 3.75. The normalized spacial score (nSPS) is 19.6. The van der Waals surface area contributed by atoms with E-state index in [0.29, 0.717) is 23.8 Å². The smallest absolute Gasteiger partial charge is 0.255 e. The lowest BCUT2D eigenvalue weighted by molar-refractivity contribution is 0.0735. The third kappa shape index (κ3) is 3.19. The molecule has 0 radical (unpaired) electrons. The van der Waals surface area contributed by atoms with Crippen LogP contribution in [0.2, 0.25) is 5.02 Å². The Morgan fingerprint density at radius 3 is 2.68 bits per heavy atom. The maximum atomic E-state index is 13.0. The van der Waals surface area contributed by atoms with Crippen LogP contribution in [-0.4, -0.2) is 30.6 Å². The Labute approximate surface area is 152 Å². The topological polar surface area (TPSA) is 38.8 Å². The van der Waals surface area contributed by atoms with Gasteiger partial charge in [0.05, 0.1) is 29.8 Å². The van der Waals surface area contributed by atoms with Gasteiger partial charge in [-0.05, 0) is 42.7 Å². The highest BCUT2D eigenvalue weighted by Crippen LogP contribution is 2.38. The number of carbonyl (C=O) groups excluding carboxylic acids is 1. The summed E-state index contributed by atoms with van der Waals surface area (Å²) < 4.78 is 11.5. The lowest BCUT2D eigenvalue weighted by Crippen LogP contribution is -2.30. The number of hydrogen-bond donors (Lipinski definition) is 0. The third-order valence-electron chi connectivity index (χ3n) is 4.77. The molecule has 0 aromatic heterocycles. The average molecular weight is 358 g/mol. The molecular formula is C20H20ClNO3. The van der Waals surface area contributed by atoms with Gasteiger partial charge in [0, 0.05) is 13.0 Å². The number of nitrogens with zero attached hydrogens (tertiary/aromatic N) is 1. The quantitative estimate of drug-likeness (QED) is 0.795. The molecule has 1 fully saturated rings. The van der Waals surface area contributed by atoms with Gasteiger partial charge >= 0.3 is 0 Å². The molecule has 1 amide bonds. The van der Waals surface area contributed by atoms with Gasteiger partial charge in [-0.25, -0.2) is 0 Å². The number of rotatable bonds is 2. The highest BCUT2D eigenvalue weighted by atomic mass is 35.5. The van der Waals surface area contributed by atoms with E-state index >= 15 is 0 Å². The number of ether oxygens (including phenoxy) is 2. The summed E-state index contributed by atoms with van der Waals surface area (Å²) in [7, 11) is 0. The van der Waals surface area contributed by atoms with Crippen LogP contribution in [0.5, 0.6) is 11.5 Å². The van der Waals surface area contributed by atoms with Crippen LogP contribution < -0.4 is 9.47 Å². The highest BCUT2D eigenvalue weighted by molar-refractivity contribution is 6.33. The molecule has 2 aliphatic rings. The second kappa shape index (κ2) is 6.96. The minimum Gasteiger partial charge on any atom is -0.490 e. The summed E-state index contributed by atoms with van der Waals surface area (Å²) >= 11 is 6.22. The van der Waals surface area contributed by atoms with Crippen molar-refractivity contribution < 1.29 is 14.3 Å². The van der Waals surface area contributed by atoms with Crippen molar-refractivity contribution in [3.63, 3.8) is 0 Å². The number of fused-ring (bicyclic) bond motifs is 1. The third-order valence-corrected chi connectivity index (χ3v) is 5.10. The number of amides is 1. The minimum absolute atomic E-state index is 0.0137. The Hall–Kier alpha value is -2.20. The Balaban J connectivity index is 1.63. The molecule has 0 aliphatic carbocycles. The van der Waals surface area contributed by atoms with Gasteiger partial charge in [-0.2, -0.15) is 0 Å². The molecule has 2 heterocycles. The van der Waals surface area contributed by atoms with E-state index in [-0.39, 0.29) is 11.9 Å². The molecule has 0 spiro atoms. The fourth-order valence-electron chi connectivity index (χ4n) is 3.53. The van der Waals surface area contributed by atoms with E-state index in [1.54, 1.807) is 12.1 Å². The zero-order valence-electron chi connectivity index (χ0n) is 13.9. The molecule has 1 atom stereocenters. The second-order valence-corrected chi connectivity index (χ2v) is 6.80. The first-order valence-corrected chi connectivity index (χ1v) is 9.07. The fraction of sp³-hybridized carbons (Fsp3) is 0.350. The average Bonchev–Trinajstić information content (AvgIpc) is 3.00. The minimum atomic E-state index is -0.0137. The van der Waals surface area contributed by atoms with Gasteiger partial charge in [-0.3, -0.25) is 4.79 Å². The van der Waals surface area contributed by atoms with Crippen LogP contribution in [-0.2, 0) is 0 Å². The van der Waals surface area contributed by atoms with Gasteiger partial charge in [0.15, 0.2) is 11.5 Å². The summed E-state index contributed by atoms with van der Waals surface area (Å²) in [6.07, 6.45) is 2.80. The van der Waals surface area contributed by atoms with E-state index in [2.05, 4.69) is 0 Å². The van der Waals surface area contributed by atoms with Gasteiger partial charge < -0.3 is 14.4 Å². The number of benzene rings is 2. The zero-order valence-corrected chi connectivity index (χ0v) is 14.7. The molecule has 0 bridgehead atoms. The van der Waals surface area contributed by atoms with Gasteiger partial charge in [0.2, 0.25) is 0 Å². The van der Waals surface area contributed by atoms with Crippen molar-refractivity contribution in [2.45, 2.75) is 25.3 Å². The maximum Gasteiger partial charge on any atom is 0.255 e. The molecule has 1 saturated heterocycles. The maximum absolute atomic E-state index is 13.0. The van der Waals surface area contributed by atoms with Crippen LogP contribution in [0.3, 0.4) is 0 Å². The molecule has 4 nitrogen and oxygen atoms in total. The van der Waals surface area contributed by atoms with Crippen LogP contribution in [0.4, 0.5) is 0 Å². The van der Waals surface area contributed by atoms with Crippen molar-refractivity contribution in [3.05, 3.63) is 58.6 Å². The van der Waals surface area contributed by atoms with E-state index in [1.165, 1.54) is 0 Å². The van der Waals surface area contributed by atoms with Crippen LogP contribution in [0.15, 0.2) is 42.5 Å². The van der Waals surface area contributed by atoms with Crippen LogP contribution in [0.1, 0.15) is 41.2 Å². The van der Waals surface area contributed by atoms with E-state index < -0.39 is 0 Å². The molecule has 2 aromatic rings. The van der Waals surface area contributed by atoms with E-state index in [0.717, 1.165) is 42.9 Å². The highest BCUT2D eigenvalue weighted by Gasteiger charge is 2.32. The van der Waals surface area contributed by atoms with Crippen LogP contribution in [0.25, 0.3) is 0 Å². The number of carbonyl (C=O) groups is 1. The molecule has 2 aromatic carbocycles. The summed E-state index contributed by atoms with van der Waals surface area (Å²) in [5.41, 5.74) is 1.65. The van der Waals surface area contributed by atoms with E-state index in [9.17, 15) is 4.79 Å². The standard InChI is InChI=1S/C20H20ClNO3/c21-16-6-2-1-5-15(16)20(23)22-10-3-7-17(22)14-8-9-18-19(13-14)25-12-4-11-24-18/h1-2,5-6,8-9,13,17H,3-4,7,10-12H2. The van der Waals surface area contributed by atoms with E-state index in [4.69, 9.17) is 21.1 Å². The molecule has 5 heteroatoms. The molecule has 0 saturated carbocycles. The first-order valence-electron chi connectivity index (χ1n) is 8.69. The van der Waals surface area contributed by atoms with Crippen molar-refractivity contribution in [1.29, 1.82) is 0 Å². The van der Waals surface area contributed by atoms with Crippen molar-refractivity contribution in [1.82, 2.24) is 4.90 Å². The monoisotopic (exact) mass is 357 g/mol. The van der Waals surface area contributed by atoms with Gasteiger partial charge in [-0.15, -0.1) is 0 Å². The van der Waals surface area contributed by atoms with Crippen molar-refractivity contribution >= 4 is 17.5 Å². The summed E-state index contributed by atoms with van der Waals surface area (Å²) in [6.45, 7) is 2.07. The molecule has 25 heavy (non-hydrogen) atoms. The first-order chi connectivity index (χ1) is 12.2. The first kappa shape index (κ1) is 16.3. The number of likely N-dealkylation sites (tertiary alicyclic amines) is 1. The van der Waals surface area contributed by atoms with Crippen molar-refractivity contribution in [2.75, 3.05) is 19.8 Å². The van der Waals surface area contributed by atoms with Crippen LogP contribution in [0, 0.1) is 0 Å². The Morgan fingerprint density at radius 2 is 1.84 bits per heavy atom. The number of hydrogen-bond acceptors (Lipinski definition) is 3. The van der Waals surface area contributed by atoms with Crippen molar-refractivity contribution in [2.24, 2.45) is 0 Å². The largest absolute Gasteiger partial charge is 0.490 e. The summed E-state index contributed by atoms with van der Waals surface area (Å²) in [4.78, 5) is 14.9. The Morgan fingerprint density at radius 1 is 1.04 bits per heavy atom. The SMILES string of the molecule is O=C(c1ccccc1Cl)N1CCCC1c1ccc2c(c1)OCCCO2. The predicted molar refractivity (Wildman–Crippen MR) is 96.5 cm³/mol. The second-order valence-electron chi connectivity index (χ2n) is 6.39.